The van der Waals surface area contributed by atoms with Gasteiger partial charge in [-0.3, -0.25) is 0 Å². The molecule has 0 aromatic rings. The minimum atomic E-state index is -1.53. The van der Waals surface area contributed by atoms with Crippen molar-refractivity contribution in [3.8, 4) is 0 Å². The lowest BCUT2D eigenvalue weighted by Crippen LogP contribution is -2.51. The van der Waals surface area contributed by atoms with Crippen LogP contribution in [0.5, 0.6) is 0 Å². The van der Waals surface area contributed by atoms with Gasteiger partial charge in [0.15, 0.2) is 5.79 Å². The third-order valence-corrected chi connectivity index (χ3v) is 7.86. The Morgan fingerprint density at radius 1 is 1.17 bits per heavy atom. The van der Waals surface area contributed by atoms with E-state index in [2.05, 4.69) is 26.0 Å². The molecule has 2 N–H and O–H groups in total. The SMILES string of the molecule is COC1CC2CCC=C[C@]2(C)C2=C1[C@@H]1CCC(O)(O)[C@@]1(C)CC2. The molecule has 0 aromatic carbocycles. The lowest BCUT2D eigenvalue weighted by Gasteiger charge is -2.54. The van der Waals surface area contributed by atoms with Gasteiger partial charge in [0.1, 0.15) is 0 Å². The molecule has 4 aliphatic rings. The standard InChI is InChI=1S/C20H30O3/c1-18-9-5-4-6-13(18)12-16(23-3)17-14(18)7-10-19(2)15(17)8-11-20(19,21)22/h5,9,13,15-16,21-22H,4,6-8,10-12H2,1-3H3/t13?,15-,16?,18-,19-/m0/s1. The van der Waals surface area contributed by atoms with E-state index in [1.165, 1.54) is 18.4 Å². The normalized spacial score (nSPS) is 48.0. The van der Waals surface area contributed by atoms with E-state index in [0.29, 0.717) is 12.3 Å². The van der Waals surface area contributed by atoms with Gasteiger partial charge in [-0.05, 0) is 55.9 Å². The fourth-order valence-corrected chi connectivity index (χ4v) is 6.22. The van der Waals surface area contributed by atoms with Crippen LogP contribution in [0.4, 0.5) is 0 Å². The summed E-state index contributed by atoms with van der Waals surface area (Å²) < 4.78 is 5.93. The molecule has 0 amide bonds. The predicted molar refractivity (Wildman–Crippen MR) is 89.6 cm³/mol. The Hall–Kier alpha value is -0.640. The van der Waals surface area contributed by atoms with E-state index in [4.69, 9.17) is 4.74 Å². The van der Waals surface area contributed by atoms with Gasteiger partial charge in [0, 0.05) is 24.4 Å². The van der Waals surface area contributed by atoms with Crippen molar-refractivity contribution < 1.29 is 14.9 Å². The molecule has 0 heterocycles. The molecule has 3 heteroatoms. The van der Waals surface area contributed by atoms with Crippen molar-refractivity contribution in [2.75, 3.05) is 7.11 Å². The van der Waals surface area contributed by atoms with Gasteiger partial charge in [-0.2, -0.15) is 0 Å². The molecule has 0 aromatic heterocycles. The van der Waals surface area contributed by atoms with Gasteiger partial charge in [-0.25, -0.2) is 0 Å². The summed E-state index contributed by atoms with van der Waals surface area (Å²) in [5.74, 6) is -0.622. The van der Waals surface area contributed by atoms with Crippen molar-refractivity contribution in [2.24, 2.45) is 22.7 Å². The van der Waals surface area contributed by atoms with Crippen molar-refractivity contribution in [2.45, 2.75) is 70.7 Å². The maximum Gasteiger partial charge on any atom is 0.168 e. The van der Waals surface area contributed by atoms with E-state index in [0.717, 1.165) is 25.7 Å². The molecule has 4 aliphatic carbocycles. The topological polar surface area (TPSA) is 49.7 Å². The van der Waals surface area contributed by atoms with Gasteiger partial charge in [0.25, 0.3) is 0 Å². The summed E-state index contributed by atoms with van der Waals surface area (Å²) in [6, 6.07) is 0. The maximum atomic E-state index is 10.6. The number of allylic oxidation sites excluding steroid dienone is 3. The highest BCUT2D eigenvalue weighted by atomic mass is 16.5. The second-order valence-electron chi connectivity index (χ2n) is 8.68. The first-order valence-electron chi connectivity index (χ1n) is 9.22. The summed E-state index contributed by atoms with van der Waals surface area (Å²) in [5.41, 5.74) is 2.69. The van der Waals surface area contributed by atoms with Crippen LogP contribution >= 0.6 is 0 Å². The maximum absolute atomic E-state index is 10.6. The van der Waals surface area contributed by atoms with E-state index in [1.807, 2.05) is 7.11 Å². The molecule has 0 spiro atoms. The largest absolute Gasteiger partial charge is 0.377 e. The first kappa shape index (κ1) is 15.9. The number of ether oxygens (including phenoxy) is 1. The average Bonchev–Trinajstić information content (AvgIpc) is 2.76. The van der Waals surface area contributed by atoms with Gasteiger partial charge < -0.3 is 14.9 Å². The van der Waals surface area contributed by atoms with Crippen molar-refractivity contribution in [3.63, 3.8) is 0 Å². The molecule has 1 saturated carbocycles. The van der Waals surface area contributed by atoms with Crippen molar-refractivity contribution in [1.29, 1.82) is 0 Å². The molecule has 4 rings (SSSR count). The van der Waals surface area contributed by atoms with E-state index in [-0.39, 0.29) is 17.4 Å². The smallest absolute Gasteiger partial charge is 0.168 e. The molecule has 0 aliphatic heterocycles. The van der Waals surface area contributed by atoms with Crippen LogP contribution in [0.1, 0.15) is 58.8 Å². The Kier molecular flexibility index (Phi) is 3.40. The first-order chi connectivity index (χ1) is 10.8. The molecule has 128 valence electrons. The lowest BCUT2D eigenvalue weighted by molar-refractivity contribution is -0.231. The van der Waals surface area contributed by atoms with Crippen LogP contribution in [-0.4, -0.2) is 29.2 Å². The lowest BCUT2D eigenvalue weighted by atomic mass is 9.52. The Bertz CT molecular complexity index is 575. The molecular weight excluding hydrogens is 288 g/mol. The number of fused-ring (bicyclic) bond motifs is 4. The zero-order valence-electron chi connectivity index (χ0n) is 14.6. The van der Waals surface area contributed by atoms with Crippen molar-refractivity contribution >= 4 is 0 Å². The summed E-state index contributed by atoms with van der Waals surface area (Å²) in [5, 5.41) is 21.1. The molecule has 23 heavy (non-hydrogen) atoms. The second-order valence-corrected chi connectivity index (χ2v) is 8.68. The highest BCUT2D eigenvalue weighted by Gasteiger charge is 2.61. The van der Waals surface area contributed by atoms with E-state index in [9.17, 15) is 10.2 Å². The van der Waals surface area contributed by atoms with Gasteiger partial charge in [0.05, 0.1) is 6.10 Å². The van der Waals surface area contributed by atoms with Gasteiger partial charge in [-0.1, -0.05) is 31.6 Å². The summed E-state index contributed by atoms with van der Waals surface area (Å²) in [4.78, 5) is 0. The van der Waals surface area contributed by atoms with Crippen LogP contribution in [0.3, 0.4) is 0 Å². The van der Waals surface area contributed by atoms with Crippen LogP contribution < -0.4 is 0 Å². The third kappa shape index (κ3) is 1.93. The molecule has 0 bridgehead atoms. The number of hydrogen-bond acceptors (Lipinski definition) is 3. The Morgan fingerprint density at radius 2 is 1.96 bits per heavy atom. The van der Waals surface area contributed by atoms with E-state index in [1.54, 1.807) is 5.57 Å². The number of rotatable bonds is 1. The predicted octanol–water partition coefficient (Wildman–Crippen LogP) is 3.57. The zero-order valence-corrected chi connectivity index (χ0v) is 14.6. The van der Waals surface area contributed by atoms with Crippen molar-refractivity contribution in [1.82, 2.24) is 0 Å². The fourth-order valence-electron chi connectivity index (χ4n) is 6.22. The highest BCUT2D eigenvalue weighted by molar-refractivity contribution is 5.40. The minimum Gasteiger partial charge on any atom is -0.377 e. The monoisotopic (exact) mass is 318 g/mol. The van der Waals surface area contributed by atoms with Crippen LogP contribution in [0, 0.1) is 22.7 Å². The minimum absolute atomic E-state index is 0.153. The number of methoxy groups -OCH3 is 1. The molecule has 0 saturated heterocycles. The summed E-state index contributed by atoms with van der Waals surface area (Å²) in [6.07, 6.45) is 11.6. The number of aliphatic hydroxyl groups is 2. The van der Waals surface area contributed by atoms with Crippen molar-refractivity contribution in [3.05, 3.63) is 23.3 Å². The third-order valence-electron chi connectivity index (χ3n) is 7.86. The van der Waals surface area contributed by atoms with Crippen LogP contribution in [0.15, 0.2) is 23.3 Å². The van der Waals surface area contributed by atoms with Gasteiger partial charge >= 0.3 is 0 Å². The van der Waals surface area contributed by atoms with E-state index >= 15 is 0 Å². The van der Waals surface area contributed by atoms with Crippen LogP contribution in [-0.2, 0) is 4.74 Å². The molecule has 0 radical (unpaired) electrons. The van der Waals surface area contributed by atoms with Crippen LogP contribution in [0.25, 0.3) is 0 Å². The zero-order chi connectivity index (χ0) is 16.5. The summed E-state index contributed by atoms with van der Waals surface area (Å²) >= 11 is 0. The Balaban J connectivity index is 1.86. The molecule has 2 unspecified atom stereocenters. The molecule has 1 fully saturated rings. The molecule has 3 nitrogen and oxygen atoms in total. The Morgan fingerprint density at radius 3 is 2.70 bits per heavy atom. The second kappa shape index (κ2) is 4.93. The molecule has 5 atom stereocenters. The summed E-state index contributed by atoms with van der Waals surface area (Å²) in [6.45, 7) is 4.48. The fraction of sp³-hybridized carbons (Fsp3) is 0.800. The van der Waals surface area contributed by atoms with Gasteiger partial charge in [-0.15, -0.1) is 0 Å². The quantitative estimate of drug-likeness (QED) is 0.574. The molecular formula is C20H30O3. The van der Waals surface area contributed by atoms with E-state index < -0.39 is 11.2 Å². The average molecular weight is 318 g/mol. The summed E-state index contributed by atoms with van der Waals surface area (Å²) in [7, 11) is 1.82. The first-order valence-corrected chi connectivity index (χ1v) is 9.22. The van der Waals surface area contributed by atoms with Crippen LogP contribution in [0.2, 0.25) is 0 Å². The number of hydrogen-bond donors (Lipinski definition) is 2. The Labute approximate surface area is 139 Å². The highest BCUT2D eigenvalue weighted by Crippen LogP contribution is 2.64. The van der Waals surface area contributed by atoms with Gasteiger partial charge in [0.2, 0.25) is 0 Å².